The van der Waals surface area contributed by atoms with Crippen molar-refractivity contribution < 1.29 is 23.8 Å². The van der Waals surface area contributed by atoms with Gasteiger partial charge in [-0.2, -0.15) is 0 Å². The maximum Gasteiger partial charge on any atom is 0.343 e. The Labute approximate surface area is 129 Å². The number of ether oxygens (including phenoxy) is 3. The van der Waals surface area contributed by atoms with Crippen LogP contribution < -0.4 is 4.74 Å². The minimum atomic E-state index is -0.507. The van der Waals surface area contributed by atoms with Crippen LogP contribution in [0.5, 0.6) is 5.75 Å². The molecule has 0 atom stereocenters. The van der Waals surface area contributed by atoms with Crippen LogP contribution in [0.2, 0.25) is 0 Å². The Balaban J connectivity index is 2.37. The Kier molecular flexibility index (Phi) is 7.19. The summed E-state index contributed by atoms with van der Waals surface area (Å²) in [5, 5.41) is 0. The van der Waals surface area contributed by atoms with Crippen molar-refractivity contribution in [3.8, 4) is 5.75 Å². The lowest BCUT2D eigenvalue weighted by Crippen LogP contribution is -2.07. The maximum atomic E-state index is 11.7. The second kappa shape index (κ2) is 9.18. The second-order valence-electron chi connectivity index (χ2n) is 4.16. The summed E-state index contributed by atoms with van der Waals surface area (Å²) in [4.78, 5) is 22.5. The second-order valence-corrected chi connectivity index (χ2v) is 4.16. The Bertz CT molecular complexity index is 557. The molecule has 0 aliphatic carbocycles. The predicted molar refractivity (Wildman–Crippen MR) is 82.5 cm³/mol. The number of hydrogen-bond donors (Lipinski definition) is 0. The first-order chi connectivity index (χ1) is 10.6. The summed E-state index contributed by atoms with van der Waals surface area (Å²) in [5.41, 5.74) is 0.385. The maximum absolute atomic E-state index is 11.7. The fourth-order valence-corrected chi connectivity index (χ4v) is 1.39. The summed E-state index contributed by atoms with van der Waals surface area (Å²) in [7, 11) is 0. The summed E-state index contributed by atoms with van der Waals surface area (Å²) in [5.74, 6) is -0.162. The molecule has 1 rings (SSSR count). The first-order valence-corrected chi connectivity index (χ1v) is 6.62. The van der Waals surface area contributed by atoms with Crippen LogP contribution in [0.15, 0.2) is 61.9 Å². The summed E-state index contributed by atoms with van der Waals surface area (Å²) in [6, 6.07) is 6.49. The first kappa shape index (κ1) is 17.2. The Hall–Kier alpha value is -2.82. The van der Waals surface area contributed by atoms with Crippen LogP contribution >= 0.6 is 0 Å². The van der Waals surface area contributed by atoms with Crippen LogP contribution in [-0.2, 0) is 14.3 Å². The molecule has 5 nitrogen and oxygen atoms in total. The third-order valence-electron chi connectivity index (χ3n) is 2.51. The first-order valence-electron chi connectivity index (χ1n) is 6.62. The van der Waals surface area contributed by atoms with Gasteiger partial charge < -0.3 is 14.2 Å². The van der Waals surface area contributed by atoms with Crippen molar-refractivity contribution in [2.24, 2.45) is 0 Å². The van der Waals surface area contributed by atoms with Crippen molar-refractivity contribution >= 4 is 11.9 Å². The van der Waals surface area contributed by atoms with Crippen LogP contribution in [0.4, 0.5) is 0 Å². The molecule has 0 N–H and O–H groups in total. The van der Waals surface area contributed by atoms with Gasteiger partial charge in [0.25, 0.3) is 0 Å². The molecule has 1 aromatic carbocycles. The normalized spacial score (nSPS) is 9.45. The van der Waals surface area contributed by atoms with E-state index >= 15 is 0 Å². The summed E-state index contributed by atoms with van der Waals surface area (Å²) < 4.78 is 15.2. The van der Waals surface area contributed by atoms with E-state index in [4.69, 9.17) is 14.2 Å². The van der Waals surface area contributed by atoms with Crippen LogP contribution in [0.25, 0.3) is 0 Å². The molecule has 0 unspecified atom stereocenters. The van der Waals surface area contributed by atoms with Crippen molar-refractivity contribution in [2.45, 2.75) is 6.42 Å². The van der Waals surface area contributed by atoms with Gasteiger partial charge in [0.05, 0.1) is 18.8 Å². The number of esters is 2. The molecule has 0 bridgehead atoms. The predicted octanol–water partition coefficient (Wildman–Crippen LogP) is 3.04. The summed E-state index contributed by atoms with van der Waals surface area (Å²) >= 11 is 0. The molecule has 0 spiro atoms. The molecule has 0 aromatic heterocycles. The van der Waals surface area contributed by atoms with E-state index in [1.54, 1.807) is 24.3 Å². The molecule has 0 heterocycles. The van der Waals surface area contributed by atoms with Gasteiger partial charge in [0.2, 0.25) is 0 Å². The lowest BCUT2D eigenvalue weighted by atomic mass is 10.2. The van der Waals surface area contributed by atoms with Gasteiger partial charge in [-0.3, -0.25) is 0 Å². The number of allylic oxidation sites excluding steroid dienone is 1. The van der Waals surface area contributed by atoms with Crippen LogP contribution in [0.1, 0.15) is 16.8 Å². The fourth-order valence-electron chi connectivity index (χ4n) is 1.39. The van der Waals surface area contributed by atoms with Gasteiger partial charge in [0, 0.05) is 12.5 Å². The van der Waals surface area contributed by atoms with Crippen molar-refractivity contribution in [1.82, 2.24) is 0 Å². The fraction of sp³-hybridized carbons (Fsp3) is 0.176. The number of hydrogen-bond acceptors (Lipinski definition) is 5. The van der Waals surface area contributed by atoms with Crippen LogP contribution in [0, 0.1) is 0 Å². The lowest BCUT2D eigenvalue weighted by Gasteiger charge is -2.07. The molecule has 0 saturated heterocycles. The average molecular weight is 302 g/mol. The van der Waals surface area contributed by atoms with Crippen molar-refractivity contribution in [1.29, 1.82) is 0 Å². The van der Waals surface area contributed by atoms with E-state index in [9.17, 15) is 9.59 Å². The molecule has 0 aliphatic rings. The van der Waals surface area contributed by atoms with Crippen molar-refractivity contribution in [3.63, 3.8) is 0 Å². The van der Waals surface area contributed by atoms with Gasteiger partial charge in [-0.1, -0.05) is 19.7 Å². The van der Waals surface area contributed by atoms with Gasteiger partial charge in [-0.25, -0.2) is 9.59 Å². The zero-order valence-corrected chi connectivity index (χ0v) is 12.2. The highest BCUT2D eigenvalue weighted by atomic mass is 16.5. The van der Waals surface area contributed by atoms with Crippen molar-refractivity contribution in [3.05, 3.63) is 67.5 Å². The third-order valence-corrected chi connectivity index (χ3v) is 2.51. The molecule has 0 fully saturated rings. The smallest absolute Gasteiger partial charge is 0.343 e. The Morgan fingerprint density at radius 1 is 1.05 bits per heavy atom. The topological polar surface area (TPSA) is 61.8 Å². The molecule has 22 heavy (non-hydrogen) atoms. The van der Waals surface area contributed by atoms with E-state index in [1.807, 2.05) is 0 Å². The van der Waals surface area contributed by atoms with E-state index in [1.165, 1.54) is 6.08 Å². The molecular formula is C17H18O5. The third kappa shape index (κ3) is 6.09. The largest absolute Gasteiger partial charge is 0.493 e. The molecule has 0 saturated carbocycles. The number of rotatable bonds is 9. The molecular weight excluding hydrogens is 284 g/mol. The minimum Gasteiger partial charge on any atom is -0.493 e. The zero-order valence-electron chi connectivity index (χ0n) is 12.2. The SMILES string of the molecule is C=CC(=C)OC(=O)c1ccc(OCCCOC(=O)C=C)cc1. The summed E-state index contributed by atoms with van der Waals surface area (Å²) in [6.45, 7) is 10.9. The lowest BCUT2D eigenvalue weighted by molar-refractivity contribution is -0.137. The van der Waals surface area contributed by atoms with E-state index < -0.39 is 11.9 Å². The van der Waals surface area contributed by atoms with Crippen LogP contribution in [0.3, 0.4) is 0 Å². The van der Waals surface area contributed by atoms with Gasteiger partial charge in [0.15, 0.2) is 0 Å². The number of benzene rings is 1. The van der Waals surface area contributed by atoms with Gasteiger partial charge in [-0.15, -0.1) is 0 Å². The van der Waals surface area contributed by atoms with Gasteiger partial charge in [0.1, 0.15) is 11.5 Å². The average Bonchev–Trinajstić information content (AvgIpc) is 2.54. The molecule has 5 heteroatoms. The van der Waals surface area contributed by atoms with E-state index in [0.29, 0.717) is 24.3 Å². The minimum absolute atomic E-state index is 0.194. The molecule has 116 valence electrons. The molecule has 0 radical (unpaired) electrons. The Morgan fingerprint density at radius 2 is 1.73 bits per heavy atom. The quantitative estimate of drug-likeness (QED) is 0.231. The van der Waals surface area contributed by atoms with Gasteiger partial charge in [-0.05, 0) is 30.3 Å². The molecule has 1 aromatic rings. The monoisotopic (exact) mass is 302 g/mol. The molecule has 0 amide bonds. The van der Waals surface area contributed by atoms with Crippen LogP contribution in [-0.4, -0.2) is 25.2 Å². The Morgan fingerprint density at radius 3 is 2.32 bits per heavy atom. The zero-order chi connectivity index (χ0) is 16.4. The highest BCUT2D eigenvalue weighted by molar-refractivity contribution is 5.90. The highest BCUT2D eigenvalue weighted by Crippen LogP contribution is 2.14. The number of carbonyl (C=O) groups is 2. The standard InChI is InChI=1S/C17H18O5/c1-4-13(3)22-17(19)14-7-9-15(10-8-14)20-11-6-12-21-16(18)5-2/h4-5,7-10H,1-3,6,11-12H2. The van der Waals surface area contributed by atoms with Gasteiger partial charge >= 0.3 is 11.9 Å². The van der Waals surface area contributed by atoms with E-state index in [-0.39, 0.29) is 12.4 Å². The van der Waals surface area contributed by atoms with Crippen molar-refractivity contribution in [2.75, 3.05) is 13.2 Å². The molecule has 0 aliphatic heterocycles. The number of carbonyl (C=O) groups excluding carboxylic acids is 2. The van der Waals surface area contributed by atoms with E-state index in [0.717, 1.165) is 6.08 Å². The summed E-state index contributed by atoms with van der Waals surface area (Å²) in [6.07, 6.45) is 3.02. The highest BCUT2D eigenvalue weighted by Gasteiger charge is 2.08. The van der Waals surface area contributed by atoms with E-state index in [2.05, 4.69) is 19.7 Å².